The molecule has 1 fully saturated rings. The Morgan fingerprint density at radius 1 is 1.79 bits per heavy atom. The first kappa shape index (κ1) is 14.3. The fourth-order valence-electron chi connectivity index (χ4n) is 2.32. The molecule has 8 heteroatoms. The number of β-lactam (4-membered cyclic amide) rings is 1. The van der Waals surface area contributed by atoms with Crippen LogP contribution >= 0.6 is 35.6 Å². The number of carbonyl (C=O) groups is 2. The molecule has 2 rings (SSSR count). The standard InChI is InChI=1S/C11H9ClN2O3S2/c1-5(18)11(2-3-13)9(17)14-7(8(15)16)6(12)4-19-10(11)14/h10H,2,4H2,1H3,(H,15,16)/t10-,11?/m0/s1. The summed E-state index contributed by atoms with van der Waals surface area (Å²) in [4.78, 5) is 25.1. The molecule has 5 nitrogen and oxygen atoms in total. The van der Waals surface area contributed by atoms with E-state index in [4.69, 9.17) is 34.2 Å². The van der Waals surface area contributed by atoms with Crippen LogP contribution in [0.2, 0.25) is 0 Å². The molecule has 1 N–H and O–H groups in total. The minimum atomic E-state index is -1.24. The van der Waals surface area contributed by atoms with Gasteiger partial charge in [-0.1, -0.05) is 23.8 Å². The summed E-state index contributed by atoms with van der Waals surface area (Å²) < 4.78 is 0. The second-order valence-corrected chi connectivity index (χ2v) is 6.40. The highest BCUT2D eigenvalue weighted by Crippen LogP contribution is 2.54. The zero-order chi connectivity index (χ0) is 14.4. The van der Waals surface area contributed by atoms with E-state index < -0.39 is 22.7 Å². The fourth-order valence-corrected chi connectivity index (χ4v) is 4.47. The van der Waals surface area contributed by atoms with Crippen molar-refractivity contribution in [3.05, 3.63) is 10.7 Å². The summed E-state index contributed by atoms with van der Waals surface area (Å²) >= 11 is 12.3. The van der Waals surface area contributed by atoms with Crippen molar-refractivity contribution in [1.82, 2.24) is 4.90 Å². The van der Waals surface area contributed by atoms with Crippen molar-refractivity contribution in [3.63, 3.8) is 0 Å². The Hall–Kier alpha value is -1.10. The number of nitrogens with zero attached hydrogens (tertiary/aromatic N) is 2. The van der Waals surface area contributed by atoms with Crippen LogP contribution in [0.3, 0.4) is 0 Å². The van der Waals surface area contributed by atoms with Gasteiger partial charge in [0, 0.05) is 10.6 Å². The van der Waals surface area contributed by atoms with Gasteiger partial charge in [0.1, 0.15) is 16.5 Å². The molecule has 0 aliphatic carbocycles. The molecule has 0 saturated carbocycles. The first-order valence-corrected chi connectivity index (χ1v) is 7.16. The molecule has 2 atom stereocenters. The predicted octanol–water partition coefficient (Wildman–Crippen LogP) is 1.73. The van der Waals surface area contributed by atoms with E-state index in [1.165, 1.54) is 11.8 Å². The number of carboxylic acids is 1. The smallest absolute Gasteiger partial charge is 0.353 e. The van der Waals surface area contributed by atoms with Crippen molar-refractivity contribution in [2.45, 2.75) is 18.7 Å². The van der Waals surface area contributed by atoms with Gasteiger partial charge in [-0.2, -0.15) is 5.26 Å². The molecule has 19 heavy (non-hydrogen) atoms. The third-order valence-corrected chi connectivity index (χ3v) is 5.53. The van der Waals surface area contributed by atoms with E-state index in [9.17, 15) is 9.59 Å². The molecule has 2 aliphatic heterocycles. The summed E-state index contributed by atoms with van der Waals surface area (Å²) in [5.41, 5.74) is -1.26. The number of halogens is 1. The lowest BCUT2D eigenvalue weighted by Gasteiger charge is -2.56. The first-order valence-electron chi connectivity index (χ1n) is 5.33. The summed E-state index contributed by atoms with van der Waals surface area (Å²) in [6.07, 6.45) is -0.0418. The van der Waals surface area contributed by atoms with Crippen LogP contribution in [0.5, 0.6) is 0 Å². The number of rotatable bonds is 3. The molecule has 0 aromatic heterocycles. The highest BCUT2D eigenvalue weighted by molar-refractivity contribution is 8.00. The van der Waals surface area contributed by atoms with Crippen LogP contribution in [-0.4, -0.2) is 37.9 Å². The summed E-state index contributed by atoms with van der Waals surface area (Å²) in [6.45, 7) is 1.61. The fraction of sp³-hybridized carbons (Fsp3) is 0.455. The van der Waals surface area contributed by atoms with Gasteiger partial charge in [-0.05, 0) is 6.92 Å². The van der Waals surface area contributed by atoms with Gasteiger partial charge in [-0.15, -0.1) is 11.8 Å². The van der Waals surface area contributed by atoms with Gasteiger partial charge in [-0.3, -0.25) is 9.69 Å². The third-order valence-electron chi connectivity index (χ3n) is 3.31. The quantitative estimate of drug-likeness (QED) is 0.631. The molecule has 1 unspecified atom stereocenters. The zero-order valence-electron chi connectivity index (χ0n) is 9.84. The summed E-state index contributed by atoms with van der Waals surface area (Å²) in [5, 5.41) is 17.7. The van der Waals surface area contributed by atoms with E-state index in [2.05, 4.69) is 0 Å². The van der Waals surface area contributed by atoms with Gasteiger partial charge in [0.15, 0.2) is 0 Å². The molecule has 2 heterocycles. The maximum atomic E-state index is 12.3. The second kappa shape index (κ2) is 4.78. The molecule has 2 aliphatic rings. The number of fused-ring (bicyclic) bond motifs is 1. The van der Waals surface area contributed by atoms with Gasteiger partial charge >= 0.3 is 5.97 Å². The molecule has 0 spiro atoms. The van der Waals surface area contributed by atoms with Gasteiger partial charge in [0.2, 0.25) is 5.91 Å². The number of thioether (sulfide) groups is 1. The first-order chi connectivity index (χ1) is 8.87. The van der Waals surface area contributed by atoms with E-state index in [0.29, 0.717) is 10.6 Å². The van der Waals surface area contributed by atoms with E-state index in [1.807, 2.05) is 6.07 Å². The normalized spacial score (nSPS) is 29.4. The molecule has 0 radical (unpaired) electrons. The number of carboxylic acid groups (broad SMARTS) is 1. The number of amides is 1. The zero-order valence-corrected chi connectivity index (χ0v) is 12.2. The van der Waals surface area contributed by atoms with Crippen molar-refractivity contribution in [2.24, 2.45) is 5.41 Å². The van der Waals surface area contributed by atoms with E-state index in [1.54, 1.807) is 6.92 Å². The predicted molar refractivity (Wildman–Crippen MR) is 74.5 cm³/mol. The topological polar surface area (TPSA) is 81.4 Å². The Morgan fingerprint density at radius 2 is 2.42 bits per heavy atom. The number of hydrogen-bond acceptors (Lipinski definition) is 5. The lowest BCUT2D eigenvalue weighted by atomic mass is 9.72. The van der Waals surface area contributed by atoms with Crippen molar-refractivity contribution in [2.75, 3.05) is 5.75 Å². The molecule has 0 aromatic rings. The number of hydrogen-bond donors (Lipinski definition) is 1. The van der Waals surface area contributed by atoms with Crippen molar-refractivity contribution >= 4 is 52.3 Å². The molecule has 1 saturated heterocycles. The Kier molecular flexibility index (Phi) is 3.60. The van der Waals surface area contributed by atoms with Gasteiger partial charge < -0.3 is 5.11 Å². The number of thiocarbonyl (C=S) groups is 1. The largest absolute Gasteiger partial charge is 0.477 e. The van der Waals surface area contributed by atoms with Gasteiger partial charge in [0.25, 0.3) is 0 Å². The number of carbonyl (C=O) groups excluding carboxylic acids is 1. The Balaban J connectivity index is 2.47. The summed E-state index contributed by atoms with van der Waals surface area (Å²) in [6, 6.07) is 1.97. The van der Waals surface area contributed by atoms with Crippen LogP contribution in [0.4, 0.5) is 0 Å². The average molecular weight is 317 g/mol. The van der Waals surface area contributed by atoms with Gasteiger partial charge in [0.05, 0.1) is 17.5 Å². The average Bonchev–Trinajstić information content (AvgIpc) is 2.34. The maximum absolute atomic E-state index is 12.3. The van der Waals surface area contributed by atoms with Crippen LogP contribution < -0.4 is 0 Å². The molecular weight excluding hydrogens is 308 g/mol. The number of aliphatic carboxylic acids is 1. The third kappa shape index (κ3) is 1.78. The Labute approximate surface area is 124 Å². The summed E-state index contributed by atoms with van der Waals surface area (Å²) in [7, 11) is 0. The van der Waals surface area contributed by atoms with E-state index >= 15 is 0 Å². The highest BCUT2D eigenvalue weighted by atomic mass is 35.5. The van der Waals surface area contributed by atoms with Gasteiger partial charge in [-0.25, -0.2) is 4.79 Å². The van der Waals surface area contributed by atoms with Crippen LogP contribution in [0.1, 0.15) is 13.3 Å². The Bertz CT molecular complexity index is 569. The lowest BCUT2D eigenvalue weighted by Crippen LogP contribution is -2.71. The Morgan fingerprint density at radius 3 is 2.89 bits per heavy atom. The SMILES string of the molecule is CC(=S)C1(CC#N)C(=O)N2C(C(=O)O)=C(Cl)CS[C@H]21. The van der Waals surface area contributed by atoms with Crippen LogP contribution in [0.25, 0.3) is 0 Å². The molecule has 0 aromatic carbocycles. The van der Waals surface area contributed by atoms with E-state index in [0.717, 1.165) is 4.90 Å². The van der Waals surface area contributed by atoms with Crippen molar-refractivity contribution in [3.8, 4) is 6.07 Å². The van der Waals surface area contributed by atoms with Crippen LogP contribution in [0.15, 0.2) is 10.7 Å². The minimum Gasteiger partial charge on any atom is -0.477 e. The van der Waals surface area contributed by atoms with Crippen molar-refractivity contribution in [1.29, 1.82) is 5.26 Å². The maximum Gasteiger partial charge on any atom is 0.353 e. The van der Waals surface area contributed by atoms with E-state index in [-0.39, 0.29) is 17.2 Å². The highest BCUT2D eigenvalue weighted by Gasteiger charge is 2.65. The second-order valence-electron chi connectivity index (χ2n) is 4.26. The summed E-state index contributed by atoms with van der Waals surface area (Å²) in [5.74, 6) is -1.39. The molecule has 100 valence electrons. The van der Waals surface area contributed by atoms with Crippen molar-refractivity contribution < 1.29 is 14.7 Å². The lowest BCUT2D eigenvalue weighted by molar-refractivity contribution is -0.156. The molecular formula is C11H9ClN2O3S2. The minimum absolute atomic E-state index is 0.0418. The van der Waals surface area contributed by atoms with Crippen LogP contribution in [0, 0.1) is 16.7 Å². The molecule has 0 bridgehead atoms. The monoisotopic (exact) mass is 316 g/mol. The van der Waals surface area contributed by atoms with Crippen LogP contribution in [-0.2, 0) is 9.59 Å². The number of nitriles is 1. The molecule has 1 amide bonds.